The summed E-state index contributed by atoms with van der Waals surface area (Å²) in [5.74, 6) is 0. The lowest BCUT2D eigenvalue weighted by atomic mass is 9.86. The van der Waals surface area contributed by atoms with Crippen LogP contribution in [-0.4, -0.2) is 25.6 Å². The van der Waals surface area contributed by atoms with Gasteiger partial charge in [-0.15, -0.1) is 0 Å². The van der Waals surface area contributed by atoms with Crippen LogP contribution >= 0.6 is 0 Å². The second-order valence-electron chi connectivity index (χ2n) is 9.72. The highest BCUT2D eigenvalue weighted by Crippen LogP contribution is 2.40. The van der Waals surface area contributed by atoms with Crippen LogP contribution in [0.15, 0.2) is 60.7 Å². The van der Waals surface area contributed by atoms with Crippen molar-refractivity contribution in [1.29, 1.82) is 0 Å². The zero-order valence-electron chi connectivity index (χ0n) is 18.0. The molecule has 0 saturated carbocycles. The molecule has 1 N–H and O–H groups in total. The van der Waals surface area contributed by atoms with E-state index in [-0.39, 0.29) is 16.6 Å². The second-order valence-corrected chi connectivity index (χ2v) is 14.0. The smallest absolute Gasteiger partial charge is 0.261 e. The summed E-state index contributed by atoms with van der Waals surface area (Å²) in [7, 11) is -2.60. The maximum absolute atomic E-state index is 10.2. The molecule has 0 spiro atoms. The van der Waals surface area contributed by atoms with E-state index in [9.17, 15) is 5.11 Å². The molecular weight excluding hydrogens is 348 g/mol. The number of aliphatic hydroxyl groups excluding tert-OH is 1. The second kappa shape index (κ2) is 8.30. The van der Waals surface area contributed by atoms with Crippen molar-refractivity contribution >= 4 is 18.7 Å². The molecule has 2 atom stereocenters. The minimum atomic E-state index is -2.60. The monoisotopic (exact) mass is 384 g/mol. The van der Waals surface area contributed by atoms with Crippen molar-refractivity contribution in [2.45, 2.75) is 72.1 Å². The summed E-state index contributed by atoms with van der Waals surface area (Å²) >= 11 is 0. The van der Waals surface area contributed by atoms with Gasteiger partial charge in [0.15, 0.2) is 0 Å². The molecule has 3 heteroatoms. The van der Waals surface area contributed by atoms with Gasteiger partial charge >= 0.3 is 0 Å². The van der Waals surface area contributed by atoms with Gasteiger partial charge in [0.25, 0.3) is 8.32 Å². The highest BCUT2D eigenvalue weighted by Gasteiger charge is 2.52. The Kier molecular flexibility index (Phi) is 6.72. The molecule has 0 aliphatic heterocycles. The van der Waals surface area contributed by atoms with Crippen LogP contribution in [0, 0.1) is 5.41 Å². The summed E-state index contributed by atoms with van der Waals surface area (Å²) in [6.07, 6.45) is 0.199. The van der Waals surface area contributed by atoms with Crippen LogP contribution in [0.25, 0.3) is 0 Å². The molecule has 0 bridgehead atoms. The lowest BCUT2D eigenvalue weighted by Crippen LogP contribution is -2.68. The highest BCUT2D eigenvalue weighted by molar-refractivity contribution is 6.99. The van der Waals surface area contributed by atoms with Crippen molar-refractivity contribution in [3.05, 3.63) is 60.7 Å². The normalized spacial score (nSPS) is 15.4. The standard InChI is InChI=1S/C24H36O2Si/c1-19(25)18-22(23(2,3)4)26-27(24(5,6)7,20-14-10-8-11-15-20)21-16-12-9-13-17-21/h8-17,19,22,25H,18H2,1-7H3/t19-,22?/m0/s1. The molecule has 0 heterocycles. The van der Waals surface area contributed by atoms with Crippen LogP contribution in [0.3, 0.4) is 0 Å². The van der Waals surface area contributed by atoms with Crippen molar-refractivity contribution in [3.8, 4) is 0 Å². The quantitative estimate of drug-likeness (QED) is 0.728. The molecule has 27 heavy (non-hydrogen) atoms. The molecular formula is C24H36O2Si. The lowest BCUT2D eigenvalue weighted by molar-refractivity contribution is 0.0302. The van der Waals surface area contributed by atoms with Gasteiger partial charge in [0.05, 0.1) is 12.2 Å². The van der Waals surface area contributed by atoms with Crippen molar-refractivity contribution in [2.75, 3.05) is 0 Å². The molecule has 0 fully saturated rings. The van der Waals surface area contributed by atoms with Crippen LogP contribution in [-0.2, 0) is 4.43 Å². The van der Waals surface area contributed by atoms with E-state index in [2.05, 4.69) is 102 Å². The van der Waals surface area contributed by atoms with E-state index in [0.29, 0.717) is 6.42 Å². The fourth-order valence-electron chi connectivity index (χ4n) is 3.79. The van der Waals surface area contributed by atoms with Gasteiger partial charge in [-0.25, -0.2) is 0 Å². The summed E-state index contributed by atoms with van der Waals surface area (Å²) in [6, 6.07) is 21.4. The van der Waals surface area contributed by atoms with Gasteiger partial charge in [0.2, 0.25) is 0 Å². The van der Waals surface area contributed by atoms with Crippen LogP contribution in [0.4, 0.5) is 0 Å². The Morgan fingerprint density at radius 3 is 1.52 bits per heavy atom. The Labute approximate surface area is 166 Å². The molecule has 1 unspecified atom stereocenters. The van der Waals surface area contributed by atoms with Crippen molar-refractivity contribution in [2.24, 2.45) is 5.41 Å². The van der Waals surface area contributed by atoms with Crippen LogP contribution < -0.4 is 10.4 Å². The van der Waals surface area contributed by atoms with E-state index in [1.165, 1.54) is 10.4 Å². The Balaban J connectivity index is 2.72. The van der Waals surface area contributed by atoms with E-state index in [0.717, 1.165) is 0 Å². The molecule has 2 rings (SSSR count). The number of aliphatic hydroxyl groups is 1. The average molecular weight is 385 g/mol. The SMILES string of the molecule is C[C@H](O)CC(O[Si](c1ccccc1)(c1ccccc1)C(C)(C)C)C(C)(C)C. The van der Waals surface area contributed by atoms with Crippen molar-refractivity contribution in [3.63, 3.8) is 0 Å². The molecule has 0 saturated heterocycles. The number of benzene rings is 2. The third-order valence-corrected chi connectivity index (χ3v) is 10.3. The number of hydrogen-bond acceptors (Lipinski definition) is 2. The molecule has 0 radical (unpaired) electrons. The van der Waals surface area contributed by atoms with E-state index >= 15 is 0 Å². The molecule has 148 valence electrons. The molecule has 2 aromatic rings. The van der Waals surface area contributed by atoms with E-state index in [1.54, 1.807) is 0 Å². The van der Waals surface area contributed by atoms with Gasteiger partial charge in [0.1, 0.15) is 0 Å². The topological polar surface area (TPSA) is 29.5 Å². The Bertz CT molecular complexity index is 657. The third-order valence-electron chi connectivity index (χ3n) is 5.26. The maximum atomic E-state index is 10.2. The molecule has 0 amide bonds. The highest BCUT2D eigenvalue weighted by atomic mass is 28.4. The molecule has 0 aromatic heterocycles. The zero-order chi connectivity index (χ0) is 20.3. The minimum absolute atomic E-state index is 0.0381. The Morgan fingerprint density at radius 1 is 0.815 bits per heavy atom. The Hall–Kier alpha value is -1.42. The summed E-state index contributed by atoms with van der Waals surface area (Å²) < 4.78 is 7.23. The first-order valence-corrected chi connectivity index (χ1v) is 11.9. The average Bonchev–Trinajstić information content (AvgIpc) is 2.58. The summed E-state index contributed by atoms with van der Waals surface area (Å²) in [4.78, 5) is 0. The first-order valence-electron chi connectivity index (χ1n) is 9.95. The number of hydrogen-bond donors (Lipinski definition) is 1. The summed E-state index contributed by atoms with van der Waals surface area (Å²) in [5.41, 5.74) is -0.0654. The third kappa shape index (κ3) is 4.90. The van der Waals surface area contributed by atoms with Gasteiger partial charge in [-0.05, 0) is 34.2 Å². The first kappa shape index (κ1) is 21.9. The lowest BCUT2D eigenvalue weighted by Gasteiger charge is -2.48. The Morgan fingerprint density at radius 2 is 1.22 bits per heavy atom. The predicted octanol–water partition coefficient (Wildman–Crippen LogP) is 4.75. The zero-order valence-corrected chi connectivity index (χ0v) is 19.0. The van der Waals surface area contributed by atoms with Gasteiger partial charge in [-0.1, -0.05) is 102 Å². The first-order chi connectivity index (χ1) is 12.5. The van der Waals surface area contributed by atoms with Gasteiger partial charge in [-0.3, -0.25) is 0 Å². The van der Waals surface area contributed by atoms with Gasteiger partial charge < -0.3 is 9.53 Å². The summed E-state index contributed by atoms with van der Waals surface area (Å²) in [5, 5.41) is 12.7. The minimum Gasteiger partial charge on any atom is -0.404 e. The molecule has 2 aromatic carbocycles. The molecule has 0 aliphatic carbocycles. The predicted molar refractivity (Wildman–Crippen MR) is 118 cm³/mol. The fraction of sp³-hybridized carbons (Fsp3) is 0.500. The van der Waals surface area contributed by atoms with Crippen molar-refractivity contribution < 1.29 is 9.53 Å². The summed E-state index contributed by atoms with van der Waals surface area (Å²) in [6.45, 7) is 15.4. The maximum Gasteiger partial charge on any atom is 0.261 e. The fourth-order valence-corrected chi connectivity index (χ4v) is 8.68. The van der Waals surface area contributed by atoms with E-state index in [4.69, 9.17) is 4.43 Å². The molecule has 0 aliphatic rings. The van der Waals surface area contributed by atoms with Crippen LogP contribution in [0.2, 0.25) is 5.04 Å². The van der Waals surface area contributed by atoms with Crippen LogP contribution in [0.5, 0.6) is 0 Å². The van der Waals surface area contributed by atoms with Gasteiger partial charge in [0, 0.05) is 0 Å². The van der Waals surface area contributed by atoms with E-state index < -0.39 is 14.4 Å². The van der Waals surface area contributed by atoms with E-state index in [1.807, 2.05) is 6.92 Å². The number of rotatable bonds is 6. The van der Waals surface area contributed by atoms with Gasteiger partial charge in [-0.2, -0.15) is 0 Å². The molecule has 2 nitrogen and oxygen atoms in total. The van der Waals surface area contributed by atoms with Crippen LogP contribution in [0.1, 0.15) is 54.9 Å². The largest absolute Gasteiger partial charge is 0.404 e. The van der Waals surface area contributed by atoms with Crippen molar-refractivity contribution in [1.82, 2.24) is 0 Å².